The van der Waals surface area contributed by atoms with Gasteiger partial charge >= 0.3 is 0 Å². The van der Waals surface area contributed by atoms with E-state index in [2.05, 4.69) is 11.9 Å². The number of ether oxygens (including phenoxy) is 1. The lowest BCUT2D eigenvalue weighted by molar-refractivity contribution is 0.124. The van der Waals surface area contributed by atoms with Gasteiger partial charge in [0.25, 0.3) is 0 Å². The second-order valence-corrected chi connectivity index (χ2v) is 3.28. The van der Waals surface area contributed by atoms with E-state index in [1.807, 2.05) is 10.8 Å². The number of hydrogen-bond donors (Lipinski definition) is 1. The molecule has 0 aliphatic carbocycles. The molecule has 0 radical (unpaired) electrons. The summed E-state index contributed by atoms with van der Waals surface area (Å²) < 4.78 is 7.23. The van der Waals surface area contributed by atoms with Crippen molar-refractivity contribution in [2.24, 2.45) is 0 Å². The number of aromatic nitrogens is 2. The molecule has 4 nitrogen and oxygen atoms in total. The summed E-state index contributed by atoms with van der Waals surface area (Å²) in [5.41, 5.74) is 0. The lowest BCUT2D eigenvalue weighted by atomic mass is 10.1. The van der Waals surface area contributed by atoms with Crippen LogP contribution in [0.1, 0.15) is 18.7 Å². The number of aryl methyl sites for hydroxylation is 1. The third-order valence-electron chi connectivity index (χ3n) is 2.47. The van der Waals surface area contributed by atoms with Gasteiger partial charge in [-0.05, 0) is 6.92 Å². The molecule has 0 saturated carbocycles. The van der Waals surface area contributed by atoms with E-state index in [-0.39, 0.29) is 5.92 Å². The quantitative estimate of drug-likeness (QED) is 0.719. The topological polar surface area (TPSA) is 47.3 Å². The average Bonchev–Trinajstić information content (AvgIpc) is 2.71. The van der Waals surface area contributed by atoms with Crippen molar-refractivity contribution in [3.63, 3.8) is 0 Å². The van der Waals surface area contributed by atoms with Gasteiger partial charge in [-0.25, -0.2) is 4.98 Å². The lowest BCUT2D eigenvalue weighted by Gasteiger charge is -2.13. The van der Waals surface area contributed by atoms with Gasteiger partial charge in [-0.15, -0.1) is 0 Å². The minimum absolute atomic E-state index is 0.0509. The van der Waals surface area contributed by atoms with Crippen molar-refractivity contribution < 1.29 is 9.84 Å². The summed E-state index contributed by atoms with van der Waals surface area (Å²) in [7, 11) is 0. The van der Waals surface area contributed by atoms with Crippen molar-refractivity contribution >= 4 is 0 Å². The zero-order chi connectivity index (χ0) is 9.26. The highest BCUT2D eigenvalue weighted by Crippen LogP contribution is 2.24. The molecule has 0 spiro atoms. The summed E-state index contributed by atoms with van der Waals surface area (Å²) in [6.45, 7) is 3.96. The predicted molar refractivity (Wildman–Crippen MR) is 47.5 cm³/mol. The Labute approximate surface area is 77.2 Å². The number of nitrogens with zero attached hydrogens (tertiary/aromatic N) is 2. The van der Waals surface area contributed by atoms with E-state index in [9.17, 15) is 5.11 Å². The Balaban J connectivity index is 2.23. The maximum absolute atomic E-state index is 9.60. The highest BCUT2D eigenvalue weighted by atomic mass is 16.5. The van der Waals surface area contributed by atoms with Gasteiger partial charge in [-0.2, -0.15) is 0 Å². The first-order valence-corrected chi connectivity index (χ1v) is 4.59. The van der Waals surface area contributed by atoms with E-state index in [0.29, 0.717) is 13.2 Å². The van der Waals surface area contributed by atoms with Gasteiger partial charge in [-0.1, -0.05) is 0 Å². The van der Waals surface area contributed by atoms with Crippen molar-refractivity contribution in [1.82, 2.24) is 9.55 Å². The second-order valence-electron chi connectivity index (χ2n) is 3.28. The Morgan fingerprint density at radius 1 is 1.69 bits per heavy atom. The van der Waals surface area contributed by atoms with Crippen LogP contribution in [0, 0.1) is 0 Å². The Bertz CT molecular complexity index is 285. The van der Waals surface area contributed by atoms with Gasteiger partial charge in [-0.3, -0.25) is 0 Å². The summed E-state index contributed by atoms with van der Waals surface area (Å²) in [5, 5.41) is 9.60. The molecule has 2 heterocycles. The van der Waals surface area contributed by atoms with Gasteiger partial charge < -0.3 is 14.4 Å². The van der Waals surface area contributed by atoms with Crippen LogP contribution in [-0.2, 0) is 11.3 Å². The minimum Gasteiger partial charge on any atom is -0.390 e. The molecule has 1 aromatic rings. The minimum atomic E-state index is -0.396. The highest BCUT2D eigenvalue weighted by Gasteiger charge is 2.30. The first-order valence-electron chi connectivity index (χ1n) is 4.59. The molecule has 72 valence electrons. The zero-order valence-corrected chi connectivity index (χ0v) is 7.68. The molecule has 1 fully saturated rings. The largest absolute Gasteiger partial charge is 0.390 e. The number of aliphatic hydroxyl groups is 1. The summed E-state index contributed by atoms with van der Waals surface area (Å²) >= 11 is 0. The molecular formula is C9H14N2O2. The van der Waals surface area contributed by atoms with Gasteiger partial charge in [0.2, 0.25) is 0 Å². The van der Waals surface area contributed by atoms with Gasteiger partial charge in [0.15, 0.2) is 0 Å². The van der Waals surface area contributed by atoms with E-state index < -0.39 is 6.10 Å². The fraction of sp³-hybridized carbons (Fsp3) is 0.667. The first-order chi connectivity index (χ1) is 6.33. The predicted octanol–water partition coefficient (Wildman–Crippen LogP) is 0.378. The van der Waals surface area contributed by atoms with Crippen molar-refractivity contribution in [3.8, 4) is 0 Å². The van der Waals surface area contributed by atoms with Gasteiger partial charge in [0, 0.05) is 18.9 Å². The van der Waals surface area contributed by atoms with Crippen LogP contribution in [-0.4, -0.2) is 34.0 Å². The fourth-order valence-electron chi connectivity index (χ4n) is 1.71. The van der Waals surface area contributed by atoms with Crippen molar-refractivity contribution in [2.45, 2.75) is 25.5 Å². The third-order valence-corrected chi connectivity index (χ3v) is 2.47. The maximum Gasteiger partial charge on any atom is 0.116 e. The summed E-state index contributed by atoms with van der Waals surface area (Å²) in [4.78, 5) is 4.24. The average molecular weight is 182 g/mol. The third kappa shape index (κ3) is 1.47. The highest BCUT2D eigenvalue weighted by molar-refractivity contribution is 5.05. The number of aliphatic hydroxyl groups excluding tert-OH is 1. The van der Waals surface area contributed by atoms with Crippen LogP contribution in [0.25, 0.3) is 0 Å². The molecule has 4 heteroatoms. The van der Waals surface area contributed by atoms with Gasteiger partial charge in [0.05, 0.1) is 25.2 Å². The Morgan fingerprint density at radius 2 is 2.54 bits per heavy atom. The van der Waals surface area contributed by atoms with Crippen LogP contribution in [0.3, 0.4) is 0 Å². The molecule has 1 aliphatic rings. The van der Waals surface area contributed by atoms with Crippen LogP contribution >= 0.6 is 0 Å². The Morgan fingerprint density at radius 3 is 3.15 bits per heavy atom. The van der Waals surface area contributed by atoms with E-state index >= 15 is 0 Å². The molecule has 2 unspecified atom stereocenters. The summed E-state index contributed by atoms with van der Waals surface area (Å²) in [6.07, 6.45) is 3.30. The standard InChI is InChI=1S/C9H14N2O2/c1-2-11-4-3-10-9(11)7-5-13-6-8(7)12/h3-4,7-8,12H,2,5-6H2,1H3. The molecule has 1 aliphatic heterocycles. The van der Waals surface area contributed by atoms with E-state index in [0.717, 1.165) is 12.4 Å². The van der Waals surface area contributed by atoms with E-state index in [1.165, 1.54) is 0 Å². The van der Waals surface area contributed by atoms with Crippen molar-refractivity contribution in [1.29, 1.82) is 0 Å². The van der Waals surface area contributed by atoms with E-state index in [4.69, 9.17) is 4.74 Å². The SMILES string of the molecule is CCn1ccnc1C1COCC1O. The molecule has 2 atom stereocenters. The summed E-state index contributed by atoms with van der Waals surface area (Å²) in [5.74, 6) is 0.988. The maximum atomic E-state index is 9.60. The molecule has 1 saturated heterocycles. The zero-order valence-electron chi connectivity index (χ0n) is 7.68. The van der Waals surface area contributed by atoms with Crippen LogP contribution in [0.2, 0.25) is 0 Å². The number of imidazole rings is 1. The van der Waals surface area contributed by atoms with Crippen LogP contribution in [0.5, 0.6) is 0 Å². The summed E-state index contributed by atoms with van der Waals surface area (Å²) in [6, 6.07) is 0. The fourth-order valence-corrected chi connectivity index (χ4v) is 1.71. The molecular weight excluding hydrogens is 168 g/mol. The Hall–Kier alpha value is -0.870. The molecule has 0 aromatic carbocycles. The first kappa shape index (κ1) is 8.72. The van der Waals surface area contributed by atoms with Crippen molar-refractivity contribution in [3.05, 3.63) is 18.2 Å². The van der Waals surface area contributed by atoms with E-state index in [1.54, 1.807) is 6.20 Å². The normalized spacial score (nSPS) is 28.2. The molecule has 2 rings (SSSR count). The van der Waals surface area contributed by atoms with Gasteiger partial charge in [0.1, 0.15) is 5.82 Å². The molecule has 1 N–H and O–H groups in total. The number of rotatable bonds is 2. The molecule has 0 amide bonds. The Kier molecular flexibility index (Phi) is 2.33. The van der Waals surface area contributed by atoms with Crippen LogP contribution in [0.4, 0.5) is 0 Å². The smallest absolute Gasteiger partial charge is 0.116 e. The molecule has 0 bridgehead atoms. The van der Waals surface area contributed by atoms with Crippen LogP contribution < -0.4 is 0 Å². The molecule has 1 aromatic heterocycles. The monoisotopic (exact) mass is 182 g/mol. The molecule has 13 heavy (non-hydrogen) atoms. The van der Waals surface area contributed by atoms with Crippen LogP contribution in [0.15, 0.2) is 12.4 Å². The second kappa shape index (κ2) is 3.47. The van der Waals surface area contributed by atoms with Crippen molar-refractivity contribution in [2.75, 3.05) is 13.2 Å². The lowest BCUT2D eigenvalue weighted by Crippen LogP contribution is -2.19. The number of hydrogen-bond acceptors (Lipinski definition) is 3.